The number of hydrogen-bond acceptors (Lipinski definition) is 3. The number of aryl methyl sites for hydroxylation is 1. The minimum absolute atomic E-state index is 0.0824. The number of rotatable bonds is 12. The van der Waals surface area contributed by atoms with Gasteiger partial charge in [0.05, 0.1) is 17.6 Å². The van der Waals surface area contributed by atoms with Crippen LogP contribution in [0.5, 0.6) is 0 Å². The summed E-state index contributed by atoms with van der Waals surface area (Å²) < 4.78 is 5.57. The van der Waals surface area contributed by atoms with Crippen LogP contribution in [0.25, 0.3) is 11.1 Å². The predicted octanol–water partition coefficient (Wildman–Crippen LogP) is 7.78. The number of benzene rings is 2. The van der Waals surface area contributed by atoms with E-state index in [2.05, 4.69) is 25.1 Å². The van der Waals surface area contributed by atoms with Crippen LogP contribution in [0.1, 0.15) is 95.4 Å². The molecule has 3 heteroatoms. The molecule has 2 rings (SSSR count). The predicted molar refractivity (Wildman–Crippen MR) is 128 cm³/mol. The lowest BCUT2D eigenvalue weighted by atomic mass is 9.95. The van der Waals surface area contributed by atoms with Crippen molar-refractivity contribution in [1.29, 1.82) is 5.26 Å². The van der Waals surface area contributed by atoms with Crippen molar-refractivity contribution in [1.82, 2.24) is 0 Å². The molecule has 0 N–H and O–H groups in total. The molecule has 0 heterocycles. The van der Waals surface area contributed by atoms with Crippen molar-refractivity contribution in [2.75, 3.05) is 0 Å². The number of unbranched alkanes of at least 4 members (excludes halogenated alkanes) is 5. The van der Waals surface area contributed by atoms with Gasteiger partial charge in [-0.1, -0.05) is 89.3 Å². The molecule has 0 aliphatic heterocycles. The first kappa shape index (κ1) is 24.7. The maximum absolute atomic E-state index is 12.0. The van der Waals surface area contributed by atoms with Gasteiger partial charge in [-0.3, -0.25) is 4.79 Å². The Labute approximate surface area is 188 Å². The maximum Gasteiger partial charge on any atom is 0.309 e. The van der Waals surface area contributed by atoms with Crippen molar-refractivity contribution >= 4 is 5.97 Å². The Hall–Kier alpha value is -2.60. The lowest BCUT2D eigenvalue weighted by Crippen LogP contribution is -2.16. The summed E-state index contributed by atoms with van der Waals surface area (Å²) in [7, 11) is 0. The number of esters is 1. The highest BCUT2D eigenvalue weighted by Crippen LogP contribution is 2.26. The van der Waals surface area contributed by atoms with E-state index in [1.54, 1.807) is 0 Å². The molecule has 0 aliphatic carbocycles. The van der Waals surface area contributed by atoms with E-state index in [4.69, 9.17) is 4.74 Å². The summed E-state index contributed by atoms with van der Waals surface area (Å²) in [5, 5.41) is 9.63. The van der Waals surface area contributed by atoms with Crippen molar-refractivity contribution < 1.29 is 9.53 Å². The molecular formula is C28H37NO2. The third-order valence-electron chi connectivity index (χ3n) is 6.05. The fraction of sp³-hybridized carbons (Fsp3) is 0.500. The van der Waals surface area contributed by atoms with E-state index < -0.39 is 0 Å². The Morgan fingerprint density at radius 3 is 2.23 bits per heavy atom. The van der Waals surface area contributed by atoms with Gasteiger partial charge in [0.2, 0.25) is 0 Å². The third-order valence-corrected chi connectivity index (χ3v) is 6.05. The zero-order valence-corrected chi connectivity index (χ0v) is 19.6. The average Bonchev–Trinajstić information content (AvgIpc) is 2.80. The Balaban J connectivity index is 2.01. The highest BCUT2D eigenvalue weighted by atomic mass is 16.5. The summed E-state index contributed by atoms with van der Waals surface area (Å²) in [6.45, 7) is 8.01. The Kier molecular flexibility index (Phi) is 10.3. The molecule has 0 saturated heterocycles. The lowest BCUT2D eigenvalue weighted by Gasteiger charge is -2.17. The van der Waals surface area contributed by atoms with Crippen LogP contribution in [0.15, 0.2) is 42.5 Å². The van der Waals surface area contributed by atoms with Gasteiger partial charge in [0, 0.05) is 0 Å². The average molecular weight is 420 g/mol. The van der Waals surface area contributed by atoms with E-state index in [0.29, 0.717) is 0 Å². The SMILES string of the molecule is CCCCCCCCc1ccc(-c2ccc(C(C)OC(=O)C(C)CC)cc2)cc1C#N. The van der Waals surface area contributed by atoms with Crippen LogP contribution in [0.2, 0.25) is 0 Å². The summed E-state index contributed by atoms with van der Waals surface area (Å²) in [4.78, 5) is 12.0. The van der Waals surface area contributed by atoms with Crippen LogP contribution in [0.4, 0.5) is 0 Å². The zero-order chi connectivity index (χ0) is 22.6. The van der Waals surface area contributed by atoms with E-state index in [9.17, 15) is 10.1 Å². The molecule has 2 aromatic carbocycles. The van der Waals surface area contributed by atoms with Gasteiger partial charge in [0.15, 0.2) is 0 Å². The summed E-state index contributed by atoms with van der Waals surface area (Å²) >= 11 is 0. The van der Waals surface area contributed by atoms with Crippen molar-refractivity contribution in [3.05, 3.63) is 59.2 Å². The number of carbonyl (C=O) groups excluding carboxylic acids is 1. The topological polar surface area (TPSA) is 50.1 Å². The molecule has 0 fully saturated rings. The van der Waals surface area contributed by atoms with Crippen LogP contribution in [0.3, 0.4) is 0 Å². The number of nitrogens with zero attached hydrogens (tertiary/aromatic N) is 1. The highest BCUT2D eigenvalue weighted by molar-refractivity contribution is 5.72. The lowest BCUT2D eigenvalue weighted by molar-refractivity contribution is -0.153. The second kappa shape index (κ2) is 13.0. The molecule has 0 saturated carbocycles. The number of nitriles is 1. The van der Waals surface area contributed by atoms with Gasteiger partial charge in [-0.15, -0.1) is 0 Å². The second-order valence-corrected chi connectivity index (χ2v) is 8.51. The van der Waals surface area contributed by atoms with Gasteiger partial charge in [-0.05, 0) is 54.5 Å². The molecule has 0 aliphatic rings. The number of hydrogen-bond donors (Lipinski definition) is 0. The first-order valence-electron chi connectivity index (χ1n) is 11.8. The molecular weight excluding hydrogens is 382 g/mol. The number of ether oxygens (including phenoxy) is 1. The van der Waals surface area contributed by atoms with Crippen LogP contribution >= 0.6 is 0 Å². The summed E-state index contributed by atoms with van der Waals surface area (Å²) in [5.41, 5.74) is 4.99. The molecule has 2 atom stereocenters. The molecule has 0 aromatic heterocycles. The molecule has 2 unspecified atom stereocenters. The molecule has 3 nitrogen and oxygen atoms in total. The first-order chi connectivity index (χ1) is 15.0. The standard InChI is InChI=1S/C28H37NO2/c1-5-7-8-9-10-11-12-24-17-18-26(19-27(24)20-29)25-15-13-23(14-16-25)22(4)31-28(30)21(3)6-2/h13-19,21-22H,5-12H2,1-4H3. The summed E-state index contributed by atoms with van der Waals surface area (Å²) in [5.74, 6) is -0.236. The smallest absolute Gasteiger partial charge is 0.309 e. The van der Waals surface area contributed by atoms with E-state index in [1.165, 1.54) is 32.1 Å². The van der Waals surface area contributed by atoms with Crippen LogP contribution in [-0.2, 0) is 16.0 Å². The Morgan fingerprint density at radius 1 is 0.935 bits per heavy atom. The first-order valence-corrected chi connectivity index (χ1v) is 11.8. The monoisotopic (exact) mass is 419 g/mol. The van der Waals surface area contributed by atoms with E-state index in [1.807, 2.05) is 51.1 Å². The van der Waals surface area contributed by atoms with E-state index in [0.717, 1.165) is 47.1 Å². The largest absolute Gasteiger partial charge is 0.458 e. The Morgan fingerprint density at radius 2 is 1.58 bits per heavy atom. The Bertz CT molecular complexity index is 864. The maximum atomic E-state index is 12.0. The normalized spacial score (nSPS) is 12.7. The van der Waals surface area contributed by atoms with Crippen LogP contribution < -0.4 is 0 Å². The quantitative estimate of drug-likeness (QED) is 0.261. The molecule has 0 bridgehead atoms. The minimum Gasteiger partial charge on any atom is -0.458 e. The van der Waals surface area contributed by atoms with Crippen molar-refractivity contribution in [3.8, 4) is 17.2 Å². The van der Waals surface area contributed by atoms with Crippen molar-refractivity contribution in [2.24, 2.45) is 5.92 Å². The zero-order valence-electron chi connectivity index (χ0n) is 19.6. The van der Waals surface area contributed by atoms with Gasteiger partial charge in [0.1, 0.15) is 6.10 Å². The molecule has 0 radical (unpaired) electrons. The van der Waals surface area contributed by atoms with Gasteiger partial charge in [-0.2, -0.15) is 5.26 Å². The summed E-state index contributed by atoms with van der Waals surface area (Å²) in [6.07, 6.45) is 9.02. The molecule has 0 spiro atoms. The number of carbonyl (C=O) groups is 1. The van der Waals surface area contributed by atoms with Gasteiger partial charge in [0.25, 0.3) is 0 Å². The molecule has 2 aromatic rings. The van der Waals surface area contributed by atoms with Crippen molar-refractivity contribution in [3.63, 3.8) is 0 Å². The molecule has 0 amide bonds. The van der Waals surface area contributed by atoms with Gasteiger partial charge >= 0.3 is 5.97 Å². The van der Waals surface area contributed by atoms with Crippen LogP contribution in [0, 0.1) is 17.2 Å². The highest BCUT2D eigenvalue weighted by Gasteiger charge is 2.17. The van der Waals surface area contributed by atoms with Gasteiger partial charge in [-0.25, -0.2) is 0 Å². The third kappa shape index (κ3) is 7.55. The molecule has 166 valence electrons. The van der Waals surface area contributed by atoms with E-state index >= 15 is 0 Å². The minimum atomic E-state index is -0.273. The molecule has 31 heavy (non-hydrogen) atoms. The van der Waals surface area contributed by atoms with E-state index in [-0.39, 0.29) is 18.0 Å². The summed E-state index contributed by atoms with van der Waals surface area (Å²) in [6, 6.07) is 16.6. The van der Waals surface area contributed by atoms with Crippen molar-refractivity contribution in [2.45, 2.75) is 85.2 Å². The van der Waals surface area contributed by atoms with Crippen LogP contribution in [-0.4, -0.2) is 5.97 Å². The van der Waals surface area contributed by atoms with Gasteiger partial charge < -0.3 is 4.74 Å². The fourth-order valence-electron chi connectivity index (χ4n) is 3.65. The fourth-order valence-corrected chi connectivity index (χ4v) is 3.65. The second-order valence-electron chi connectivity index (χ2n) is 8.51.